The number of thioether (sulfide) groups is 1. The molecule has 2 N–H and O–H groups in total. The van der Waals surface area contributed by atoms with Crippen LogP contribution in [0.15, 0.2) is 23.1 Å². The van der Waals surface area contributed by atoms with Crippen molar-refractivity contribution in [2.24, 2.45) is 0 Å². The maximum absolute atomic E-state index is 12.9. The number of amides is 1. The zero-order valence-electron chi connectivity index (χ0n) is 20.3. The molecule has 0 aliphatic carbocycles. The van der Waals surface area contributed by atoms with Crippen molar-refractivity contribution in [1.82, 2.24) is 4.90 Å². The van der Waals surface area contributed by atoms with Gasteiger partial charge in [-0.25, -0.2) is 4.79 Å². The van der Waals surface area contributed by atoms with E-state index in [1.807, 2.05) is 13.8 Å². The summed E-state index contributed by atoms with van der Waals surface area (Å²) >= 11 is 6.12. The number of benzene rings is 1. The van der Waals surface area contributed by atoms with Crippen molar-refractivity contribution in [2.45, 2.75) is 77.9 Å². The van der Waals surface area contributed by atoms with Crippen LogP contribution in [0.25, 0.3) is 6.08 Å². The largest absolute Gasteiger partial charge is 0.490 e. The number of unbranched alkanes of at least 4 members (excludes halogenated alkanes) is 4. The predicted octanol–water partition coefficient (Wildman–Crippen LogP) is 5.34. The second-order valence-electron chi connectivity index (χ2n) is 8.27. The summed E-state index contributed by atoms with van der Waals surface area (Å²) in [5.74, 6) is -2.23. The molecule has 1 amide bonds. The molecule has 0 aromatic heterocycles. The highest BCUT2D eigenvalue weighted by molar-refractivity contribution is 8.26. The predicted molar refractivity (Wildman–Crippen MR) is 140 cm³/mol. The lowest BCUT2D eigenvalue weighted by atomic mass is 10.1. The molecule has 0 bridgehead atoms. The lowest BCUT2D eigenvalue weighted by Crippen LogP contribution is -2.45. The molecule has 1 aromatic rings. The van der Waals surface area contributed by atoms with Crippen molar-refractivity contribution < 1.29 is 34.1 Å². The normalized spacial score (nSPS) is 16.4. The number of ether oxygens (including phenoxy) is 2. The number of hydrogen-bond donors (Lipinski definition) is 2. The summed E-state index contributed by atoms with van der Waals surface area (Å²) in [6, 6.07) is 3.76. The van der Waals surface area contributed by atoms with Gasteiger partial charge in [-0.2, -0.15) is 0 Å². The third-order valence-electron chi connectivity index (χ3n) is 5.40. The van der Waals surface area contributed by atoms with Crippen molar-refractivity contribution in [2.75, 3.05) is 6.61 Å². The van der Waals surface area contributed by atoms with E-state index in [0.29, 0.717) is 23.7 Å². The molecule has 1 saturated heterocycles. The molecule has 8 nitrogen and oxygen atoms in total. The fourth-order valence-electron chi connectivity index (χ4n) is 3.65. The molecule has 0 spiro atoms. The Morgan fingerprint density at radius 3 is 2.49 bits per heavy atom. The monoisotopic (exact) mass is 523 g/mol. The molecule has 1 fully saturated rings. The van der Waals surface area contributed by atoms with Gasteiger partial charge in [-0.15, -0.1) is 0 Å². The number of rotatable bonds is 15. The molecule has 0 saturated carbocycles. The smallest absolute Gasteiger partial charge is 0.327 e. The van der Waals surface area contributed by atoms with Crippen LogP contribution < -0.4 is 9.47 Å². The molecular weight excluding hydrogens is 490 g/mol. The SMILES string of the molecule is CCCCCCC[C@H](C)Oc1ccc(/C=C2/SC(=S)N([C@@H](CC(=O)O)C(=O)O)C2=O)cc1OCC. The van der Waals surface area contributed by atoms with Gasteiger partial charge in [0.25, 0.3) is 5.91 Å². The lowest BCUT2D eigenvalue weighted by molar-refractivity contribution is -0.150. The van der Waals surface area contributed by atoms with E-state index in [1.165, 1.54) is 25.7 Å². The summed E-state index contributed by atoms with van der Waals surface area (Å²) in [7, 11) is 0. The van der Waals surface area contributed by atoms with E-state index in [2.05, 4.69) is 6.92 Å². The number of nitrogens with zero attached hydrogens (tertiary/aromatic N) is 1. The van der Waals surface area contributed by atoms with Gasteiger partial charge in [0.2, 0.25) is 0 Å². The van der Waals surface area contributed by atoms with Crippen molar-refractivity contribution in [3.63, 3.8) is 0 Å². The highest BCUT2D eigenvalue weighted by Gasteiger charge is 2.41. The fraction of sp³-hybridized carbons (Fsp3) is 0.520. The highest BCUT2D eigenvalue weighted by atomic mass is 32.2. The van der Waals surface area contributed by atoms with E-state index in [-0.39, 0.29) is 15.3 Å². The summed E-state index contributed by atoms with van der Waals surface area (Å²) in [6.07, 6.45) is 7.80. The van der Waals surface area contributed by atoms with Crippen molar-refractivity contribution in [3.8, 4) is 11.5 Å². The molecule has 1 heterocycles. The van der Waals surface area contributed by atoms with Gasteiger partial charge >= 0.3 is 11.9 Å². The van der Waals surface area contributed by atoms with Gasteiger partial charge in [0, 0.05) is 0 Å². The summed E-state index contributed by atoms with van der Waals surface area (Å²) in [5, 5.41) is 18.4. The quantitative estimate of drug-likeness (QED) is 0.179. The van der Waals surface area contributed by atoms with Crippen LogP contribution in [0.5, 0.6) is 11.5 Å². The van der Waals surface area contributed by atoms with E-state index in [9.17, 15) is 19.5 Å². The fourth-order valence-corrected chi connectivity index (χ4v) is 5.00. The first kappa shape index (κ1) is 28.6. The highest BCUT2D eigenvalue weighted by Crippen LogP contribution is 2.36. The van der Waals surface area contributed by atoms with E-state index >= 15 is 0 Å². The Labute approximate surface area is 215 Å². The Hall–Kier alpha value is -2.59. The van der Waals surface area contributed by atoms with Crippen molar-refractivity contribution in [3.05, 3.63) is 28.7 Å². The zero-order valence-corrected chi connectivity index (χ0v) is 22.0. The number of carboxylic acid groups (broad SMARTS) is 2. The number of hydrogen-bond acceptors (Lipinski definition) is 7. The molecule has 1 aromatic carbocycles. The topological polar surface area (TPSA) is 113 Å². The summed E-state index contributed by atoms with van der Waals surface area (Å²) in [6.45, 7) is 6.53. The average molecular weight is 524 g/mol. The number of carbonyl (C=O) groups excluding carboxylic acids is 1. The Kier molecular flexibility index (Phi) is 11.5. The first-order chi connectivity index (χ1) is 16.7. The molecule has 0 radical (unpaired) electrons. The minimum absolute atomic E-state index is 0.00708. The van der Waals surface area contributed by atoms with E-state index in [0.717, 1.165) is 29.5 Å². The van der Waals surface area contributed by atoms with Crippen LogP contribution in [0.4, 0.5) is 0 Å². The number of thiocarbonyl (C=S) groups is 1. The van der Waals surface area contributed by atoms with Gasteiger partial charge in [-0.05, 0) is 50.5 Å². The molecule has 192 valence electrons. The van der Waals surface area contributed by atoms with Crippen LogP contribution in [0, 0.1) is 0 Å². The third kappa shape index (κ3) is 8.54. The number of aliphatic carboxylic acids is 2. The minimum Gasteiger partial charge on any atom is -0.490 e. The van der Waals surface area contributed by atoms with Gasteiger partial charge in [0.05, 0.1) is 24.0 Å². The molecule has 2 rings (SSSR count). The summed E-state index contributed by atoms with van der Waals surface area (Å²) in [5.41, 5.74) is 0.652. The van der Waals surface area contributed by atoms with Crippen molar-refractivity contribution >= 4 is 52.2 Å². The Bertz CT molecular complexity index is 963. The van der Waals surface area contributed by atoms with Gasteiger partial charge < -0.3 is 19.7 Å². The molecule has 2 atom stereocenters. The minimum atomic E-state index is -1.57. The average Bonchev–Trinajstić information content (AvgIpc) is 3.06. The Morgan fingerprint density at radius 2 is 1.86 bits per heavy atom. The molecular formula is C25H33NO7S2. The van der Waals surface area contributed by atoms with Crippen molar-refractivity contribution in [1.29, 1.82) is 0 Å². The van der Waals surface area contributed by atoms with Crippen LogP contribution in [-0.2, 0) is 14.4 Å². The maximum Gasteiger partial charge on any atom is 0.327 e. The number of carbonyl (C=O) groups is 3. The Morgan fingerprint density at radius 1 is 1.14 bits per heavy atom. The van der Waals surface area contributed by atoms with Crippen LogP contribution in [0.1, 0.15) is 71.3 Å². The second-order valence-corrected chi connectivity index (χ2v) is 9.95. The van der Waals surface area contributed by atoms with Gasteiger partial charge in [0.1, 0.15) is 10.4 Å². The van der Waals surface area contributed by atoms with Gasteiger partial charge in [-0.3, -0.25) is 14.5 Å². The first-order valence-corrected chi connectivity index (χ1v) is 13.1. The Balaban J connectivity index is 2.16. The maximum atomic E-state index is 12.9. The lowest BCUT2D eigenvalue weighted by Gasteiger charge is -2.21. The molecule has 1 aliphatic rings. The third-order valence-corrected chi connectivity index (χ3v) is 6.73. The van der Waals surface area contributed by atoms with E-state index in [4.69, 9.17) is 26.8 Å². The standard InChI is InChI=1S/C25H33NO7S2/c1-4-6-7-8-9-10-16(3)33-19-12-11-17(13-20(19)32-5-2)14-21-23(29)26(25(34)35-21)18(24(30)31)15-22(27)28/h11-14,16,18H,4-10,15H2,1-3H3,(H,27,28)(H,30,31)/b21-14+/t16-,18-/m0/s1. The second kappa shape index (κ2) is 14.1. The van der Waals surface area contributed by atoms with Gasteiger partial charge in [0.15, 0.2) is 11.5 Å². The molecule has 10 heteroatoms. The summed E-state index contributed by atoms with van der Waals surface area (Å²) in [4.78, 5) is 36.6. The summed E-state index contributed by atoms with van der Waals surface area (Å²) < 4.78 is 11.9. The first-order valence-electron chi connectivity index (χ1n) is 11.8. The van der Waals surface area contributed by atoms with Crippen LogP contribution in [0.2, 0.25) is 0 Å². The van der Waals surface area contributed by atoms with E-state index < -0.39 is 30.3 Å². The molecule has 0 unspecified atom stereocenters. The molecule has 35 heavy (non-hydrogen) atoms. The van der Waals surface area contributed by atoms with Gasteiger partial charge in [-0.1, -0.05) is 62.7 Å². The van der Waals surface area contributed by atoms with Crippen LogP contribution in [-0.4, -0.2) is 56.0 Å². The number of carboxylic acids is 2. The van der Waals surface area contributed by atoms with Crippen LogP contribution in [0.3, 0.4) is 0 Å². The van der Waals surface area contributed by atoms with Crippen LogP contribution >= 0.6 is 24.0 Å². The molecule has 1 aliphatic heterocycles. The zero-order chi connectivity index (χ0) is 26.0. The van der Waals surface area contributed by atoms with E-state index in [1.54, 1.807) is 24.3 Å².